The lowest BCUT2D eigenvalue weighted by Gasteiger charge is -2.39. The van der Waals surface area contributed by atoms with Gasteiger partial charge in [-0.05, 0) is 25.2 Å². The fourth-order valence-electron chi connectivity index (χ4n) is 3.36. The van der Waals surface area contributed by atoms with Gasteiger partial charge in [0.05, 0.1) is 0 Å². The molecule has 0 radical (unpaired) electrons. The van der Waals surface area contributed by atoms with Crippen LogP contribution in [-0.2, 0) is 0 Å². The van der Waals surface area contributed by atoms with E-state index in [0.717, 1.165) is 18.0 Å². The summed E-state index contributed by atoms with van der Waals surface area (Å²) in [5, 5.41) is 3.65. The molecule has 2 rings (SSSR count). The van der Waals surface area contributed by atoms with E-state index < -0.39 is 0 Å². The predicted octanol–water partition coefficient (Wildman–Crippen LogP) is 2.25. The third-order valence-electron chi connectivity index (χ3n) is 4.21. The number of nitrogens with zero attached hydrogens (tertiary/aromatic N) is 1. The van der Waals surface area contributed by atoms with Gasteiger partial charge < -0.3 is 5.32 Å². The van der Waals surface area contributed by atoms with E-state index in [4.69, 9.17) is 0 Å². The Morgan fingerprint density at radius 1 is 1.33 bits per heavy atom. The summed E-state index contributed by atoms with van der Waals surface area (Å²) in [6.07, 6.45) is 7.00. The lowest BCUT2D eigenvalue weighted by molar-refractivity contribution is 0.119. The van der Waals surface area contributed by atoms with Gasteiger partial charge in [0.1, 0.15) is 0 Å². The van der Waals surface area contributed by atoms with E-state index in [1.165, 1.54) is 51.7 Å². The largest absolute Gasteiger partial charge is 0.311 e. The Labute approximate surface area is 94.4 Å². The molecular formula is C13H26N2. The van der Waals surface area contributed by atoms with Crippen molar-refractivity contribution in [1.29, 1.82) is 0 Å². The number of nitrogens with one attached hydrogen (secondary N) is 1. The average molecular weight is 210 g/mol. The molecule has 0 bridgehead atoms. The second-order valence-electron chi connectivity index (χ2n) is 5.41. The first-order valence-corrected chi connectivity index (χ1v) is 6.78. The molecule has 1 saturated heterocycles. The van der Waals surface area contributed by atoms with E-state index >= 15 is 0 Å². The van der Waals surface area contributed by atoms with E-state index in [1.807, 2.05) is 0 Å². The van der Waals surface area contributed by atoms with Gasteiger partial charge in [-0.25, -0.2) is 0 Å². The van der Waals surface area contributed by atoms with Crippen LogP contribution in [0.4, 0.5) is 0 Å². The Kier molecular flexibility index (Phi) is 4.04. The van der Waals surface area contributed by atoms with Crippen molar-refractivity contribution >= 4 is 0 Å². The van der Waals surface area contributed by atoms with Gasteiger partial charge in [0.15, 0.2) is 0 Å². The molecule has 1 N–H and O–H groups in total. The van der Waals surface area contributed by atoms with E-state index in [2.05, 4.69) is 24.1 Å². The van der Waals surface area contributed by atoms with Crippen LogP contribution in [0.3, 0.4) is 0 Å². The second kappa shape index (κ2) is 5.31. The monoisotopic (exact) mass is 210 g/mol. The predicted molar refractivity (Wildman–Crippen MR) is 65.1 cm³/mol. The van der Waals surface area contributed by atoms with Crippen LogP contribution < -0.4 is 5.32 Å². The molecule has 0 amide bonds. The number of rotatable bonds is 3. The first-order valence-electron chi connectivity index (χ1n) is 6.78. The highest BCUT2D eigenvalue weighted by Crippen LogP contribution is 2.30. The molecule has 1 aliphatic carbocycles. The molecule has 2 heteroatoms. The zero-order chi connectivity index (χ0) is 10.7. The number of hydrogen-bond donors (Lipinski definition) is 1. The van der Waals surface area contributed by atoms with Gasteiger partial charge in [0.25, 0.3) is 0 Å². The molecule has 2 fully saturated rings. The molecule has 3 atom stereocenters. The maximum absolute atomic E-state index is 3.65. The summed E-state index contributed by atoms with van der Waals surface area (Å²) < 4.78 is 0. The Morgan fingerprint density at radius 3 is 2.87 bits per heavy atom. The molecule has 2 nitrogen and oxygen atoms in total. The van der Waals surface area contributed by atoms with Crippen LogP contribution in [-0.4, -0.2) is 36.6 Å². The minimum absolute atomic E-state index is 0.761. The molecule has 1 heterocycles. The first kappa shape index (κ1) is 11.4. The van der Waals surface area contributed by atoms with E-state index in [0.29, 0.717) is 0 Å². The zero-order valence-electron chi connectivity index (χ0n) is 10.3. The molecule has 0 aromatic carbocycles. The van der Waals surface area contributed by atoms with Crippen LogP contribution in [0.2, 0.25) is 0 Å². The molecule has 0 aromatic rings. The average Bonchev–Trinajstić information content (AvgIpc) is 2.65. The lowest BCUT2D eigenvalue weighted by atomic mass is 10.0. The topological polar surface area (TPSA) is 15.3 Å². The van der Waals surface area contributed by atoms with Gasteiger partial charge in [-0.15, -0.1) is 0 Å². The summed E-state index contributed by atoms with van der Waals surface area (Å²) in [6.45, 7) is 8.50. The van der Waals surface area contributed by atoms with Gasteiger partial charge in [0, 0.05) is 31.7 Å². The Balaban J connectivity index is 1.86. The van der Waals surface area contributed by atoms with Gasteiger partial charge in [-0.3, -0.25) is 4.90 Å². The quantitative estimate of drug-likeness (QED) is 0.768. The van der Waals surface area contributed by atoms with Crippen molar-refractivity contribution in [2.45, 2.75) is 58.0 Å². The van der Waals surface area contributed by atoms with Crippen LogP contribution in [0.5, 0.6) is 0 Å². The highest BCUT2D eigenvalue weighted by molar-refractivity contribution is 4.88. The van der Waals surface area contributed by atoms with Crippen molar-refractivity contribution in [3.8, 4) is 0 Å². The second-order valence-corrected chi connectivity index (χ2v) is 5.41. The molecule has 2 aliphatic rings. The Bertz CT molecular complexity index is 191. The van der Waals surface area contributed by atoms with Gasteiger partial charge in [-0.2, -0.15) is 0 Å². The molecule has 88 valence electrons. The molecular weight excluding hydrogens is 184 g/mol. The number of hydrogen-bond acceptors (Lipinski definition) is 2. The first-order chi connectivity index (χ1) is 7.31. The minimum atomic E-state index is 0.761. The van der Waals surface area contributed by atoms with Crippen molar-refractivity contribution in [3.05, 3.63) is 0 Å². The highest BCUT2D eigenvalue weighted by atomic mass is 15.2. The third-order valence-corrected chi connectivity index (χ3v) is 4.21. The third kappa shape index (κ3) is 2.73. The molecule has 0 spiro atoms. The van der Waals surface area contributed by atoms with E-state index in [-0.39, 0.29) is 0 Å². The fourth-order valence-corrected chi connectivity index (χ4v) is 3.36. The van der Waals surface area contributed by atoms with Crippen LogP contribution in [0.25, 0.3) is 0 Å². The maximum atomic E-state index is 3.65. The Morgan fingerprint density at radius 2 is 2.20 bits per heavy atom. The van der Waals surface area contributed by atoms with E-state index in [9.17, 15) is 0 Å². The van der Waals surface area contributed by atoms with Gasteiger partial charge >= 0.3 is 0 Å². The summed E-state index contributed by atoms with van der Waals surface area (Å²) in [7, 11) is 0. The van der Waals surface area contributed by atoms with Crippen molar-refractivity contribution in [2.24, 2.45) is 5.92 Å². The Hall–Kier alpha value is -0.0800. The lowest BCUT2D eigenvalue weighted by Crippen LogP contribution is -2.54. The summed E-state index contributed by atoms with van der Waals surface area (Å²) in [5.41, 5.74) is 0. The summed E-state index contributed by atoms with van der Waals surface area (Å²) >= 11 is 0. The summed E-state index contributed by atoms with van der Waals surface area (Å²) in [5.74, 6) is 0.936. The summed E-state index contributed by atoms with van der Waals surface area (Å²) in [4.78, 5) is 2.76. The van der Waals surface area contributed by atoms with Crippen LogP contribution in [0, 0.1) is 5.92 Å². The fraction of sp³-hybridized carbons (Fsp3) is 1.00. The van der Waals surface area contributed by atoms with Gasteiger partial charge in [-0.1, -0.05) is 26.7 Å². The van der Waals surface area contributed by atoms with Crippen molar-refractivity contribution in [1.82, 2.24) is 10.2 Å². The molecule has 0 aromatic heterocycles. The van der Waals surface area contributed by atoms with Crippen molar-refractivity contribution < 1.29 is 0 Å². The minimum Gasteiger partial charge on any atom is -0.311 e. The normalized spacial score (nSPS) is 38.4. The van der Waals surface area contributed by atoms with E-state index in [1.54, 1.807) is 0 Å². The number of piperazine rings is 1. The highest BCUT2D eigenvalue weighted by Gasteiger charge is 2.31. The SMILES string of the molecule is CCCC1CN(C2CCCC2C)CCN1. The van der Waals surface area contributed by atoms with Crippen LogP contribution in [0.15, 0.2) is 0 Å². The van der Waals surface area contributed by atoms with Crippen molar-refractivity contribution in [3.63, 3.8) is 0 Å². The van der Waals surface area contributed by atoms with Crippen LogP contribution in [0.1, 0.15) is 46.0 Å². The molecule has 1 aliphatic heterocycles. The standard InChI is InChI=1S/C13H26N2/c1-3-5-12-10-15(9-8-14-12)13-7-4-6-11(13)2/h11-14H,3-10H2,1-2H3. The molecule has 3 unspecified atom stereocenters. The maximum Gasteiger partial charge on any atom is 0.0195 e. The molecule has 15 heavy (non-hydrogen) atoms. The summed E-state index contributed by atoms with van der Waals surface area (Å²) in [6, 6.07) is 1.66. The smallest absolute Gasteiger partial charge is 0.0195 e. The van der Waals surface area contributed by atoms with Crippen molar-refractivity contribution in [2.75, 3.05) is 19.6 Å². The van der Waals surface area contributed by atoms with Gasteiger partial charge in [0.2, 0.25) is 0 Å². The zero-order valence-corrected chi connectivity index (χ0v) is 10.3. The molecule has 1 saturated carbocycles. The van der Waals surface area contributed by atoms with Crippen LogP contribution >= 0.6 is 0 Å².